The van der Waals surface area contributed by atoms with Gasteiger partial charge in [0.15, 0.2) is 0 Å². The van der Waals surface area contributed by atoms with Crippen molar-refractivity contribution in [3.63, 3.8) is 0 Å². The van der Waals surface area contributed by atoms with Gasteiger partial charge in [-0.15, -0.1) is 11.8 Å². The average molecular weight is 524 g/mol. The average Bonchev–Trinajstić information content (AvgIpc) is 3.26. The summed E-state index contributed by atoms with van der Waals surface area (Å²) in [5, 5.41) is -0.238. The number of carbonyl (C=O) groups is 2. The summed E-state index contributed by atoms with van der Waals surface area (Å²) in [6.07, 6.45) is -3.74. The predicted molar refractivity (Wildman–Crippen MR) is 132 cm³/mol. The highest BCUT2D eigenvalue weighted by Crippen LogP contribution is 2.36. The van der Waals surface area contributed by atoms with Crippen LogP contribution in [0, 0.1) is 11.7 Å². The fourth-order valence-electron chi connectivity index (χ4n) is 4.66. The fourth-order valence-corrected chi connectivity index (χ4v) is 6.29. The molecule has 0 spiro atoms. The molecule has 194 valence electrons. The molecule has 0 aromatic heterocycles. The molecule has 2 saturated heterocycles. The van der Waals surface area contributed by atoms with Crippen LogP contribution in [0.5, 0.6) is 0 Å². The first-order valence-electron chi connectivity index (χ1n) is 12.0. The second-order valence-corrected chi connectivity index (χ2v) is 10.7. The molecule has 2 atom stereocenters. The quantitative estimate of drug-likeness (QED) is 0.511. The Kier molecular flexibility index (Phi) is 7.82. The molecule has 2 unspecified atom stereocenters. The van der Waals surface area contributed by atoms with E-state index in [0.29, 0.717) is 44.0 Å². The number of amides is 2. The second kappa shape index (κ2) is 10.7. The summed E-state index contributed by atoms with van der Waals surface area (Å²) >= 11 is 1.53. The Hall–Kier alpha value is -2.75. The summed E-state index contributed by atoms with van der Waals surface area (Å²) in [5.74, 6) is -0.622. The van der Waals surface area contributed by atoms with Gasteiger partial charge >= 0.3 is 6.18 Å². The van der Waals surface area contributed by atoms with Crippen molar-refractivity contribution in [1.82, 2.24) is 9.80 Å². The van der Waals surface area contributed by atoms with Crippen LogP contribution in [0.1, 0.15) is 36.2 Å². The van der Waals surface area contributed by atoms with Crippen LogP contribution in [0.15, 0.2) is 48.5 Å². The van der Waals surface area contributed by atoms with E-state index in [1.54, 1.807) is 17.0 Å². The normalized spacial score (nSPS) is 20.8. The van der Waals surface area contributed by atoms with Crippen LogP contribution in [-0.4, -0.2) is 65.0 Å². The maximum Gasteiger partial charge on any atom is 0.416 e. The van der Waals surface area contributed by atoms with Crippen molar-refractivity contribution in [2.24, 2.45) is 5.92 Å². The van der Waals surface area contributed by atoms with E-state index >= 15 is 0 Å². The van der Waals surface area contributed by atoms with Crippen molar-refractivity contribution in [2.75, 3.05) is 36.8 Å². The number of piperazine rings is 1. The van der Waals surface area contributed by atoms with Crippen LogP contribution >= 0.6 is 11.8 Å². The molecule has 36 heavy (non-hydrogen) atoms. The van der Waals surface area contributed by atoms with Crippen LogP contribution in [0.25, 0.3) is 0 Å². The molecule has 0 bridgehead atoms. The zero-order valence-corrected chi connectivity index (χ0v) is 21.0. The highest BCUT2D eigenvalue weighted by atomic mass is 32.2. The number of rotatable bonds is 5. The predicted octanol–water partition coefficient (Wildman–Crippen LogP) is 5.12. The molecule has 4 rings (SSSR count). The van der Waals surface area contributed by atoms with Crippen LogP contribution in [0.3, 0.4) is 0 Å². The Balaban J connectivity index is 1.48. The topological polar surface area (TPSA) is 43.9 Å². The molecule has 0 radical (unpaired) electrons. The molecular formula is C26H29F4N3O2S. The van der Waals surface area contributed by atoms with E-state index in [1.807, 2.05) is 18.7 Å². The molecule has 2 amide bonds. The summed E-state index contributed by atoms with van der Waals surface area (Å²) in [6, 6.07) is 10.2. The Morgan fingerprint density at radius 3 is 2.36 bits per heavy atom. The minimum atomic E-state index is -4.42. The Morgan fingerprint density at radius 1 is 1.03 bits per heavy atom. The van der Waals surface area contributed by atoms with E-state index < -0.39 is 29.5 Å². The van der Waals surface area contributed by atoms with Gasteiger partial charge in [0.1, 0.15) is 11.9 Å². The van der Waals surface area contributed by atoms with Gasteiger partial charge in [0.25, 0.3) is 5.91 Å². The maximum absolute atomic E-state index is 14.4. The van der Waals surface area contributed by atoms with E-state index in [-0.39, 0.29) is 22.8 Å². The van der Waals surface area contributed by atoms with Crippen LogP contribution in [0.4, 0.5) is 23.2 Å². The molecule has 0 saturated carbocycles. The standard InChI is InChI=1S/C26H29F4N3O2S/c1-17(2)14-23-33(24(34)20-8-3-4-9-21(20)27)22(16-36-23)25(35)32-12-10-31(11-13-32)19-7-5-6-18(15-19)26(28,29)30/h3-9,15,17,22-23H,10-14,16H2,1-2H3. The third-order valence-corrected chi connectivity index (χ3v) is 7.83. The van der Waals surface area contributed by atoms with Gasteiger partial charge < -0.3 is 14.7 Å². The number of benzene rings is 2. The molecule has 0 aliphatic carbocycles. The van der Waals surface area contributed by atoms with Gasteiger partial charge in [0.2, 0.25) is 5.91 Å². The zero-order chi connectivity index (χ0) is 26.0. The van der Waals surface area contributed by atoms with Gasteiger partial charge in [-0.05, 0) is 42.7 Å². The molecule has 2 aliphatic heterocycles. The van der Waals surface area contributed by atoms with E-state index in [4.69, 9.17) is 0 Å². The number of hydrogen-bond acceptors (Lipinski definition) is 4. The first-order valence-corrected chi connectivity index (χ1v) is 13.0. The van der Waals surface area contributed by atoms with Gasteiger partial charge in [-0.25, -0.2) is 4.39 Å². The molecule has 2 aromatic carbocycles. The molecule has 2 heterocycles. The van der Waals surface area contributed by atoms with Crippen molar-refractivity contribution >= 4 is 29.3 Å². The van der Waals surface area contributed by atoms with Gasteiger partial charge in [0, 0.05) is 37.6 Å². The maximum atomic E-state index is 14.4. The van der Waals surface area contributed by atoms with Gasteiger partial charge in [-0.2, -0.15) is 13.2 Å². The van der Waals surface area contributed by atoms with Gasteiger partial charge in [0.05, 0.1) is 16.5 Å². The first kappa shape index (κ1) is 26.3. The number of carbonyl (C=O) groups excluding carboxylic acids is 2. The second-order valence-electron chi connectivity index (χ2n) is 9.49. The smallest absolute Gasteiger partial charge is 0.368 e. The lowest BCUT2D eigenvalue weighted by molar-refractivity contribution is -0.137. The lowest BCUT2D eigenvalue weighted by Gasteiger charge is -2.39. The third kappa shape index (κ3) is 5.63. The summed E-state index contributed by atoms with van der Waals surface area (Å²) < 4.78 is 53.8. The van der Waals surface area contributed by atoms with E-state index in [0.717, 1.165) is 12.1 Å². The SMILES string of the molecule is CC(C)CC1SCC(C(=O)N2CCN(c3cccc(C(F)(F)F)c3)CC2)N1C(=O)c1ccccc1F. The summed E-state index contributed by atoms with van der Waals surface area (Å²) in [7, 11) is 0. The monoisotopic (exact) mass is 523 g/mol. The number of halogens is 4. The molecule has 0 N–H and O–H groups in total. The lowest BCUT2D eigenvalue weighted by Crippen LogP contribution is -2.56. The van der Waals surface area contributed by atoms with Gasteiger partial charge in [-0.3, -0.25) is 9.59 Å². The molecular weight excluding hydrogens is 494 g/mol. The summed E-state index contributed by atoms with van der Waals surface area (Å²) in [5.41, 5.74) is -0.303. The third-order valence-electron chi connectivity index (χ3n) is 6.52. The number of nitrogens with zero attached hydrogens (tertiary/aromatic N) is 3. The summed E-state index contributed by atoms with van der Waals surface area (Å²) in [6.45, 7) is 5.48. The van der Waals surface area contributed by atoms with E-state index in [2.05, 4.69) is 0 Å². The Bertz CT molecular complexity index is 1100. The molecule has 2 aliphatic rings. The number of thioether (sulfide) groups is 1. The van der Waals surface area contributed by atoms with Crippen LogP contribution in [0.2, 0.25) is 0 Å². The van der Waals surface area contributed by atoms with Crippen molar-refractivity contribution < 1.29 is 27.2 Å². The molecule has 2 aromatic rings. The van der Waals surface area contributed by atoms with Crippen LogP contribution in [-0.2, 0) is 11.0 Å². The highest BCUT2D eigenvalue weighted by molar-refractivity contribution is 8.00. The Morgan fingerprint density at radius 2 is 1.72 bits per heavy atom. The summed E-state index contributed by atoms with van der Waals surface area (Å²) in [4.78, 5) is 32.0. The van der Waals surface area contributed by atoms with Gasteiger partial charge in [-0.1, -0.05) is 32.0 Å². The molecule has 10 heteroatoms. The number of alkyl halides is 3. The Labute approximate surface area is 212 Å². The van der Waals surface area contributed by atoms with Crippen molar-refractivity contribution in [3.05, 3.63) is 65.5 Å². The first-order chi connectivity index (χ1) is 17.1. The molecule has 5 nitrogen and oxygen atoms in total. The lowest BCUT2D eigenvalue weighted by atomic mass is 10.1. The van der Waals surface area contributed by atoms with Crippen molar-refractivity contribution in [3.8, 4) is 0 Å². The minimum absolute atomic E-state index is 0.0547. The van der Waals surface area contributed by atoms with Crippen molar-refractivity contribution in [2.45, 2.75) is 37.9 Å². The number of hydrogen-bond donors (Lipinski definition) is 0. The largest absolute Gasteiger partial charge is 0.416 e. The highest BCUT2D eigenvalue weighted by Gasteiger charge is 2.44. The fraction of sp³-hybridized carbons (Fsp3) is 0.462. The minimum Gasteiger partial charge on any atom is -0.368 e. The number of anilines is 1. The van der Waals surface area contributed by atoms with E-state index in [9.17, 15) is 27.2 Å². The van der Waals surface area contributed by atoms with E-state index in [1.165, 1.54) is 40.9 Å². The zero-order valence-electron chi connectivity index (χ0n) is 20.2. The van der Waals surface area contributed by atoms with Crippen LogP contribution < -0.4 is 4.90 Å². The molecule has 2 fully saturated rings. The van der Waals surface area contributed by atoms with Crippen molar-refractivity contribution in [1.29, 1.82) is 0 Å².